The fourth-order valence-corrected chi connectivity index (χ4v) is 3.69. The predicted molar refractivity (Wildman–Crippen MR) is 89.5 cm³/mol. The van der Waals surface area contributed by atoms with Crippen LogP contribution in [0.25, 0.3) is 0 Å². The number of hydrogen-bond donors (Lipinski definition) is 1. The van der Waals surface area contributed by atoms with Crippen LogP contribution in [0.1, 0.15) is 26.3 Å². The third-order valence-electron chi connectivity index (χ3n) is 4.39. The number of ether oxygens (including phenoxy) is 1. The maximum absolute atomic E-state index is 13.1. The van der Waals surface area contributed by atoms with E-state index in [-0.39, 0.29) is 11.9 Å². The Labute approximate surface area is 144 Å². The van der Waals surface area contributed by atoms with Gasteiger partial charge in [-0.15, -0.1) is 0 Å². The van der Waals surface area contributed by atoms with Crippen molar-refractivity contribution in [3.05, 3.63) is 34.1 Å². The largest absolute Gasteiger partial charge is 0.444 e. The number of carbonyl (C=O) groups excluding carboxylic acids is 1. The first-order valence-corrected chi connectivity index (χ1v) is 8.69. The molecule has 1 N–H and O–H groups in total. The smallest absolute Gasteiger partial charge is 0.410 e. The first-order valence-electron chi connectivity index (χ1n) is 7.90. The number of benzene rings is 1. The second-order valence-electron chi connectivity index (χ2n) is 7.36. The molecule has 6 heteroatoms. The van der Waals surface area contributed by atoms with Gasteiger partial charge in [0.05, 0.1) is 0 Å². The number of carbonyl (C=O) groups is 1. The topological polar surface area (TPSA) is 41.6 Å². The van der Waals surface area contributed by atoms with Crippen molar-refractivity contribution in [3.63, 3.8) is 0 Å². The van der Waals surface area contributed by atoms with Crippen molar-refractivity contribution < 1.29 is 13.9 Å². The second kappa shape index (κ2) is 6.06. The lowest BCUT2D eigenvalue weighted by Crippen LogP contribution is -2.39. The van der Waals surface area contributed by atoms with Gasteiger partial charge in [0.25, 0.3) is 0 Å². The molecule has 0 aromatic heterocycles. The number of amides is 1. The summed E-state index contributed by atoms with van der Waals surface area (Å²) < 4.78 is 19.3. The first kappa shape index (κ1) is 16.7. The molecule has 2 aliphatic rings. The quantitative estimate of drug-likeness (QED) is 0.866. The van der Waals surface area contributed by atoms with Crippen LogP contribution in [0, 0.1) is 17.7 Å². The molecule has 1 saturated carbocycles. The van der Waals surface area contributed by atoms with E-state index in [1.807, 2.05) is 20.8 Å². The molecule has 1 saturated heterocycles. The molecule has 0 bridgehead atoms. The molecule has 1 aliphatic heterocycles. The van der Waals surface area contributed by atoms with Crippen LogP contribution in [0.5, 0.6) is 0 Å². The van der Waals surface area contributed by atoms with E-state index in [0.29, 0.717) is 24.4 Å². The molecule has 2 atom stereocenters. The van der Waals surface area contributed by atoms with Gasteiger partial charge in [0.2, 0.25) is 0 Å². The average molecular weight is 385 g/mol. The van der Waals surface area contributed by atoms with Crippen LogP contribution in [0.4, 0.5) is 9.18 Å². The van der Waals surface area contributed by atoms with Crippen LogP contribution in [-0.2, 0) is 11.3 Å². The Hall–Kier alpha value is -1.14. The molecule has 1 heterocycles. The maximum Gasteiger partial charge on any atom is 0.410 e. The van der Waals surface area contributed by atoms with Gasteiger partial charge >= 0.3 is 6.09 Å². The molecule has 1 amide bonds. The number of nitrogens with one attached hydrogen (secondary N) is 1. The van der Waals surface area contributed by atoms with Gasteiger partial charge in [0.15, 0.2) is 0 Å². The van der Waals surface area contributed by atoms with E-state index in [1.165, 1.54) is 12.1 Å². The lowest BCUT2D eigenvalue weighted by molar-refractivity contribution is 0.0269. The number of rotatable bonds is 3. The Kier molecular flexibility index (Phi) is 4.40. The van der Waals surface area contributed by atoms with E-state index in [4.69, 9.17) is 4.74 Å². The summed E-state index contributed by atoms with van der Waals surface area (Å²) in [6.07, 6.45) is -0.218. The number of halogens is 2. The minimum atomic E-state index is -0.448. The van der Waals surface area contributed by atoms with E-state index < -0.39 is 5.60 Å². The van der Waals surface area contributed by atoms with Crippen LogP contribution in [0.15, 0.2) is 22.7 Å². The third-order valence-corrected chi connectivity index (χ3v) is 5.13. The van der Waals surface area contributed by atoms with Crippen LogP contribution in [0.3, 0.4) is 0 Å². The van der Waals surface area contributed by atoms with E-state index >= 15 is 0 Å². The normalized spacial score (nSPS) is 26.1. The third kappa shape index (κ3) is 3.86. The molecule has 2 fully saturated rings. The Morgan fingerprint density at radius 3 is 2.61 bits per heavy atom. The highest BCUT2D eigenvalue weighted by molar-refractivity contribution is 9.10. The van der Waals surface area contributed by atoms with Crippen LogP contribution >= 0.6 is 15.9 Å². The Bertz CT molecular complexity index is 605. The van der Waals surface area contributed by atoms with Crippen molar-refractivity contribution in [2.45, 2.75) is 39.0 Å². The van der Waals surface area contributed by atoms with Gasteiger partial charge in [-0.1, -0.05) is 22.0 Å². The summed E-state index contributed by atoms with van der Waals surface area (Å²) in [5.74, 6) is 0.764. The maximum atomic E-state index is 13.1. The van der Waals surface area contributed by atoms with Crippen molar-refractivity contribution in [1.82, 2.24) is 10.2 Å². The van der Waals surface area contributed by atoms with Gasteiger partial charge in [0, 0.05) is 30.1 Å². The monoisotopic (exact) mass is 384 g/mol. The molecule has 1 aliphatic carbocycles. The average Bonchev–Trinajstić information content (AvgIpc) is 2.88. The molecule has 3 rings (SSSR count). The number of hydrogen-bond acceptors (Lipinski definition) is 3. The highest BCUT2D eigenvalue weighted by Gasteiger charge is 2.56. The second-order valence-corrected chi connectivity index (χ2v) is 8.21. The Morgan fingerprint density at radius 1 is 1.39 bits per heavy atom. The van der Waals surface area contributed by atoms with Gasteiger partial charge in [-0.25, -0.2) is 9.18 Å². The minimum absolute atomic E-state index is 0.218. The number of likely N-dealkylation sites (tertiary alicyclic amines) is 1. The van der Waals surface area contributed by atoms with Crippen molar-refractivity contribution in [2.75, 3.05) is 13.1 Å². The Balaban J connectivity index is 1.46. The van der Waals surface area contributed by atoms with Crippen LogP contribution in [-0.4, -0.2) is 35.7 Å². The van der Waals surface area contributed by atoms with Crippen LogP contribution in [0.2, 0.25) is 0 Å². The zero-order valence-corrected chi connectivity index (χ0v) is 15.2. The zero-order chi connectivity index (χ0) is 16.8. The van der Waals surface area contributed by atoms with E-state index in [1.54, 1.807) is 11.0 Å². The zero-order valence-electron chi connectivity index (χ0n) is 13.6. The molecule has 1 aromatic rings. The standard InChI is InChI=1S/C17H22BrFN2O2/c1-17(2,3)23-16(22)21-8-12-13(9-21)15(12)20-7-10-4-5-11(19)6-14(10)18/h4-6,12-13,15,20H,7-9H2,1-3H3. The highest BCUT2D eigenvalue weighted by Crippen LogP contribution is 2.46. The molecule has 2 unspecified atom stereocenters. The van der Waals surface area contributed by atoms with E-state index in [2.05, 4.69) is 21.2 Å². The van der Waals surface area contributed by atoms with Crippen molar-refractivity contribution >= 4 is 22.0 Å². The minimum Gasteiger partial charge on any atom is -0.444 e. The summed E-state index contributed by atoms with van der Waals surface area (Å²) in [4.78, 5) is 13.8. The lowest BCUT2D eigenvalue weighted by atomic mass is 10.2. The van der Waals surface area contributed by atoms with E-state index in [0.717, 1.165) is 23.1 Å². The fraction of sp³-hybridized carbons (Fsp3) is 0.588. The summed E-state index contributed by atoms with van der Waals surface area (Å²) >= 11 is 3.39. The summed E-state index contributed by atoms with van der Waals surface area (Å²) in [6, 6.07) is 5.18. The molecule has 1 aromatic carbocycles. The first-order chi connectivity index (χ1) is 10.7. The van der Waals surface area contributed by atoms with Crippen molar-refractivity contribution in [3.8, 4) is 0 Å². The molecule has 4 nitrogen and oxygen atoms in total. The number of nitrogens with zero attached hydrogens (tertiary/aromatic N) is 1. The fourth-order valence-electron chi connectivity index (χ4n) is 3.20. The summed E-state index contributed by atoms with van der Waals surface area (Å²) in [6.45, 7) is 7.85. The summed E-state index contributed by atoms with van der Waals surface area (Å²) in [7, 11) is 0. The van der Waals surface area contributed by atoms with E-state index in [9.17, 15) is 9.18 Å². The molecular formula is C17H22BrFN2O2. The van der Waals surface area contributed by atoms with Gasteiger partial charge in [-0.2, -0.15) is 0 Å². The Morgan fingerprint density at radius 2 is 2.04 bits per heavy atom. The van der Waals surface area contributed by atoms with Crippen molar-refractivity contribution in [1.29, 1.82) is 0 Å². The summed E-state index contributed by atoms with van der Waals surface area (Å²) in [5, 5.41) is 3.51. The predicted octanol–water partition coefficient (Wildman–Crippen LogP) is 3.54. The van der Waals surface area contributed by atoms with Gasteiger partial charge < -0.3 is 15.0 Å². The molecule has 126 valence electrons. The highest BCUT2D eigenvalue weighted by atomic mass is 79.9. The molecule has 0 spiro atoms. The molecular weight excluding hydrogens is 363 g/mol. The SMILES string of the molecule is CC(C)(C)OC(=O)N1CC2C(C1)C2NCc1ccc(F)cc1Br. The van der Waals surface area contributed by atoms with Gasteiger partial charge in [-0.05, 0) is 50.3 Å². The molecule has 23 heavy (non-hydrogen) atoms. The van der Waals surface area contributed by atoms with Crippen molar-refractivity contribution in [2.24, 2.45) is 11.8 Å². The number of fused-ring (bicyclic) bond motifs is 1. The number of piperidine rings is 1. The van der Waals surface area contributed by atoms with Gasteiger partial charge in [-0.3, -0.25) is 0 Å². The van der Waals surface area contributed by atoms with Crippen LogP contribution < -0.4 is 5.32 Å². The molecule has 0 radical (unpaired) electrons. The summed E-state index contributed by atoms with van der Waals surface area (Å²) in [5.41, 5.74) is 0.594. The lowest BCUT2D eigenvalue weighted by Gasteiger charge is -2.26. The van der Waals surface area contributed by atoms with Gasteiger partial charge in [0.1, 0.15) is 11.4 Å².